The third-order valence-corrected chi connectivity index (χ3v) is 4.24. The molecular formula is C23H24FN3. The molecule has 3 nitrogen and oxygen atoms in total. The lowest BCUT2D eigenvalue weighted by Gasteiger charge is -2.09. The van der Waals surface area contributed by atoms with Crippen LogP contribution in [0.3, 0.4) is 0 Å². The molecule has 3 aromatic rings. The van der Waals surface area contributed by atoms with Crippen molar-refractivity contribution in [3.05, 3.63) is 90.4 Å². The van der Waals surface area contributed by atoms with E-state index in [4.69, 9.17) is 5.10 Å². The first kappa shape index (κ1) is 18.8. The van der Waals surface area contributed by atoms with Gasteiger partial charge in [-0.1, -0.05) is 36.9 Å². The van der Waals surface area contributed by atoms with E-state index in [9.17, 15) is 4.39 Å². The Labute approximate surface area is 159 Å². The number of hydrogen-bond donors (Lipinski definition) is 0. The van der Waals surface area contributed by atoms with Crippen LogP contribution in [0.25, 0.3) is 22.3 Å². The maximum absolute atomic E-state index is 13.4. The number of halogens is 1. The van der Waals surface area contributed by atoms with Gasteiger partial charge in [-0.2, -0.15) is 5.10 Å². The molecule has 0 aliphatic carbocycles. The molecule has 4 heteroatoms. The number of nitrogens with zero attached hydrogens (tertiary/aromatic N) is 3. The highest BCUT2D eigenvalue weighted by Gasteiger charge is 2.17. The number of allylic oxidation sites excluding steroid dienone is 5. The lowest BCUT2D eigenvalue weighted by Crippen LogP contribution is -2.11. The van der Waals surface area contributed by atoms with E-state index in [1.54, 1.807) is 18.2 Å². The van der Waals surface area contributed by atoms with Crippen molar-refractivity contribution in [2.75, 3.05) is 14.1 Å². The van der Waals surface area contributed by atoms with E-state index in [2.05, 4.69) is 23.6 Å². The Balaban J connectivity index is 2.27. The fourth-order valence-corrected chi connectivity index (χ4v) is 3.17. The maximum atomic E-state index is 13.4. The third kappa shape index (κ3) is 4.07. The van der Waals surface area contributed by atoms with E-state index in [0.717, 1.165) is 34.5 Å². The van der Waals surface area contributed by atoms with E-state index in [1.807, 2.05) is 50.0 Å². The van der Waals surface area contributed by atoms with E-state index in [1.165, 1.54) is 17.7 Å². The molecule has 0 fully saturated rings. The van der Waals surface area contributed by atoms with Crippen LogP contribution in [-0.4, -0.2) is 28.6 Å². The fraction of sp³-hybridized carbons (Fsp3) is 0.174. The molecule has 0 aliphatic rings. The molecule has 2 heterocycles. The average molecular weight is 361 g/mol. The first-order valence-electron chi connectivity index (χ1n) is 8.91. The molecular weight excluding hydrogens is 337 g/mol. The predicted molar refractivity (Wildman–Crippen MR) is 111 cm³/mol. The average Bonchev–Trinajstić information content (AvgIpc) is 3.00. The van der Waals surface area contributed by atoms with Gasteiger partial charge in [-0.25, -0.2) is 8.91 Å². The van der Waals surface area contributed by atoms with E-state index in [0.29, 0.717) is 0 Å². The second-order valence-electron chi connectivity index (χ2n) is 6.69. The van der Waals surface area contributed by atoms with Gasteiger partial charge in [-0.05, 0) is 62.5 Å². The summed E-state index contributed by atoms with van der Waals surface area (Å²) in [6.07, 6.45) is 9.83. The molecule has 0 unspecified atom stereocenters. The smallest absolute Gasteiger partial charge is 0.123 e. The summed E-state index contributed by atoms with van der Waals surface area (Å²) < 4.78 is 15.3. The number of pyridine rings is 1. The molecule has 27 heavy (non-hydrogen) atoms. The second kappa shape index (κ2) is 8.14. The minimum Gasteiger partial charge on any atom is -0.305 e. The van der Waals surface area contributed by atoms with Crippen molar-refractivity contribution in [1.29, 1.82) is 0 Å². The summed E-state index contributed by atoms with van der Waals surface area (Å²) in [6.45, 7) is 6.66. The maximum Gasteiger partial charge on any atom is 0.123 e. The summed E-state index contributed by atoms with van der Waals surface area (Å²) in [5.41, 5.74) is 5.90. The fourth-order valence-electron chi connectivity index (χ4n) is 3.17. The van der Waals surface area contributed by atoms with Crippen molar-refractivity contribution in [1.82, 2.24) is 14.5 Å². The van der Waals surface area contributed by atoms with Crippen LogP contribution in [-0.2, 0) is 6.54 Å². The zero-order chi connectivity index (χ0) is 19.4. The topological polar surface area (TPSA) is 20.5 Å². The zero-order valence-electron chi connectivity index (χ0n) is 16.0. The minimum atomic E-state index is -0.257. The Morgan fingerprint density at radius 2 is 1.93 bits per heavy atom. The van der Waals surface area contributed by atoms with Crippen molar-refractivity contribution in [3.63, 3.8) is 0 Å². The summed E-state index contributed by atoms with van der Waals surface area (Å²) in [5.74, 6) is -0.257. The number of aromatic nitrogens is 2. The molecule has 138 valence electrons. The number of hydrogen-bond acceptors (Lipinski definition) is 2. The van der Waals surface area contributed by atoms with Gasteiger partial charge in [0.2, 0.25) is 0 Å². The molecule has 0 atom stereocenters. The summed E-state index contributed by atoms with van der Waals surface area (Å²) >= 11 is 0. The lowest BCUT2D eigenvalue weighted by atomic mass is 9.98. The first-order valence-corrected chi connectivity index (χ1v) is 8.91. The normalized spacial score (nSPS) is 12.4. The van der Waals surface area contributed by atoms with Crippen molar-refractivity contribution in [2.45, 2.75) is 13.5 Å². The first-order chi connectivity index (χ1) is 13.0. The van der Waals surface area contributed by atoms with Crippen LogP contribution in [0.2, 0.25) is 0 Å². The van der Waals surface area contributed by atoms with Crippen molar-refractivity contribution < 1.29 is 4.39 Å². The molecule has 0 saturated heterocycles. The molecule has 0 amide bonds. The van der Waals surface area contributed by atoms with Gasteiger partial charge in [0.15, 0.2) is 0 Å². The summed E-state index contributed by atoms with van der Waals surface area (Å²) in [6, 6.07) is 10.7. The summed E-state index contributed by atoms with van der Waals surface area (Å²) in [5, 5.41) is 4.83. The van der Waals surface area contributed by atoms with Gasteiger partial charge in [0.1, 0.15) is 11.5 Å². The Morgan fingerprint density at radius 1 is 1.19 bits per heavy atom. The highest BCUT2D eigenvalue weighted by atomic mass is 19.1. The molecule has 2 aromatic heterocycles. The SMILES string of the molecule is C=C/C=C(\C=C/C)c1c(-c2ccc(F)cc2)nn2cc(CN(C)C)ccc12. The van der Waals surface area contributed by atoms with E-state index < -0.39 is 0 Å². The minimum absolute atomic E-state index is 0.257. The molecule has 0 radical (unpaired) electrons. The zero-order valence-corrected chi connectivity index (χ0v) is 16.0. The molecule has 0 saturated carbocycles. The molecule has 3 rings (SSSR count). The van der Waals surface area contributed by atoms with Gasteiger partial charge in [-0.3, -0.25) is 0 Å². The Morgan fingerprint density at radius 3 is 2.56 bits per heavy atom. The van der Waals surface area contributed by atoms with Crippen molar-refractivity contribution >= 4 is 11.1 Å². The van der Waals surface area contributed by atoms with Crippen LogP contribution in [0, 0.1) is 5.82 Å². The molecule has 0 bridgehead atoms. The van der Waals surface area contributed by atoms with Gasteiger partial charge in [0.05, 0.1) is 5.52 Å². The van der Waals surface area contributed by atoms with Gasteiger partial charge in [-0.15, -0.1) is 0 Å². The summed E-state index contributed by atoms with van der Waals surface area (Å²) in [7, 11) is 4.08. The van der Waals surface area contributed by atoms with E-state index >= 15 is 0 Å². The van der Waals surface area contributed by atoms with E-state index in [-0.39, 0.29) is 5.82 Å². The van der Waals surface area contributed by atoms with Gasteiger partial charge in [0.25, 0.3) is 0 Å². The molecule has 0 N–H and O–H groups in total. The Hall–Kier alpha value is -2.98. The highest BCUT2D eigenvalue weighted by Crippen LogP contribution is 2.33. The Bertz CT molecular complexity index is 1010. The lowest BCUT2D eigenvalue weighted by molar-refractivity contribution is 0.401. The number of rotatable bonds is 6. The molecule has 0 aliphatic heterocycles. The standard InChI is InChI=1S/C23H24FN3/c1-5-7-18(8-6-2)22-21-14-9-17(15-26(3)4)16-27(21)25-23(22)19-10-12-20(24)13-11-19/h5-14,16H,1,15H2,2-4H3/b8-6-,18-7+. The van der Waals surface area contributed by atoms with Crippen LogP contribution in [0.5, 0.6) is 0 Å². The number of benzene rings is 1. The van der Waals surface area contributed by atoms with Gasteiger partial charge in [0, 0.05) is 23.9 Å². The quantitative estimate of drug-likeness (QED) is 0.552. The highest BCUT2D eigenvalue weighted by molar-refractivity contribution is 5.92. The van der Waals surface area contributed by atoms with Gasteiger partial charge >= 0.3 is 0 Å². The van der Waals surface area contributed by atoms with Crippen LogP contribution in [0.15, 0.2) is 73.5 Å². The van der Waals surface area contributed by atoms with Gasteiger partial charge < -0.3 is 4.90 Å². The molecule has 1 aromatic carbocycles. The Kier molecular flexibility index (Phi) is 5.67. The van der Waals surface area contributed by atoms with Crippen LogP contribution < -0.4 is 0 Å². The second-order valence-corrected chi connectivity index (χ2v) is 6.69. The predicted octanol–water partition coefficient (Wildman–Crippen LogP) is 5.35. The van der Waals surface area contributed by atoms with Crippen LogP contribution >= 0.6 is 0 Å². The van der Waals surface area contributed by atoms with Crippen molar-refractivity contribution in [3.8, 4) is 11.3 Å². The third-order valence-electron chi connectivity index (χ3n) is 4.24. The monoisotopic (exact) mass is 361 g/mol. The number of fused-ring (bicyclic) bond motifs is 1. The van der Waals surface area contributed by atoms with Crippen LogP contribution in [0.4, 0.5) is 4.39 Å². The largest absolute Gasteiger partial charge is 0.305 e. The summed E-state index contributed by atoms with van der Waals surface area (Å²) in [4.78, 5) is 2.12. The van der Waals surface area contributed by atoms with Crippen LogP contribution in [0.1, 0.15) is 18.1 Å². The van der Waals surface area contributed by atoms with Crippen molar-refractivity contribution in [2.24, 2.45) is 0 Å². The molecule has 0 spiro atoms.